The number of allylic oxidation sites excluding steroid dienone is 1. The molecule has 0 saturated heterocycles. The third-order valence-electron chi connectivity index (χ3n) is 9.06. The molecule has 0 aromatic carbocycles. The normalized spacial score (nSPS) is 47.2. The molecule has 3 fully saturated rings. The van der Waals surface area contributed by atoms with E-state index in [1.807, 2.05) is 0 Å². The third kappa shape index (κ3) is 3.03. The number of fused-ring (bicyclic) bond motifs is 5. The first-order valence-corrected chi connectivity index (χ1v) is 12.7. The van der Waals surface area contributed by atoms with Crippen molar-refractivity contribution >= 4 is 21.7 Å². The molecule has 0 bridgehead atoms. The molecule has 9 heteroatoms. The van der Waals surface area contributed by atoms with Crippen molar-refractivity contribution in [2.24, 2.45) is 22.7 Å². The first-order valence-electron chi connectivity index (χ1n) is 10.9. The Labute approximate surface area is 182 Å². The topological polar surface area (TPSA) is 118 Å². The Bertz CT molecular complexity index is 961. The number of rotatable bonds is 4. The second kappa shape index (κ2) is 6.92. The minimum atomic E-state index is -3.87. The highest BCUT2D eigenvalue weighted by Gasteiger charge is 2.74. The van der Waals surface area contributed by atoms with E-state index in [0.29, 0.717) is 25.7 Å². The number of carbonyl (C=O) groups is 2. The molecular weight excluding hydrogens is 427 g/mol. The van der Waals surface area contributed by atoms with Gasteiger partial charge in [-0.25, -0.2) is 4.39 Å². The Morgan fingerprint density at radius 1 is 1.23 bits per heavy atom. The lowest BCUT2D eigenvalue weighted by Gasteiger charge is -2.63. The summed E-state index contributed by atoms with van der Waals surface area (Å²) in [5.74, 6) is -1.71. The van der Waals surface area contributed by atoms with E-state index in [2.05, 4.69) is 4.18 Å². The third-order valence-corrected chi connectivity index (χ3v) is 9.61. The lowest BCUT2D eigenvalue weighted by Crippen LogP contribution is -2.69. The van der Waals surface area contributed by atoms with Crippen LogP contribution < -0.4 is 0 Å². The van der Waals surface area contributed by atoms with Gasteiger partial charge >= 0.3 is 0 Å². The number of Topliss-reactive ketones (excluding diaryl/α,β-unsaturated/α-hetero) is 1. The predicted molar refractivity (Wildman–Crippen MR) is 109 cm³/mol. The van der Waals surface area contributed by atoms with Crippen molar-refractivity contribution in [2.75, 3.05) is 12.9 Å². The van der Waals surface area contributed by atoms with Crippen molar-refractivity contribution in [1.29, 1.82) is 0 Å². The second-order valence-electron chi connectivity index (χ2n) is 10.4. The van der Waals surface area contributed by atoms with Crippen molar-refractivity contribution in [2.45, 2.75) is 76.2 Å². The molecule has 174 valence electrons. The predicted octanol–water partition coefficient (Wildman–Crippen LogP) is 1.86. The van der Waals surface area contributed by atoms with Crippen molar-refractivity contribution in [3.8, 4) is 0 Å². The number of carbonyl (C=O) groups excluding carboxylic acids is 2. The zero-order valence-electron chi connectivity index (χ0n) is 18.2. The molecule has 7 atom stereocenters. The van der Waals surface area contributed by atoms with E-state index in [1.54, 1.807) is 19.9 Å². The van der Waals surface area contributed by atoms with E-state index in [1.165, 1.54) is 0 Å². The van der Waals surface area contributed by atoms with Crippen LogP contribution in [0.3, 0.4) is 0 Å². The average molecular weight is 459 g/mol. The summed E-state index contributed by atoms with van der Waals surface area (Å²) < 4.78 is 44.2. The molecule has 0 radical (unpaired) electrons. The number of aliphatic hydroxyl groups excluding tert-OH is 1. The molecule has 0 aromatic rings. The first-order chi connectivity index (χ1) is 14.2. The van der Waals surface area contributed by atoms with Gasteiger partial charge in [-0.1, -0.05) is 19.4 Å². The van der Waals surface area contributed by atoms with Crippen molar-refractivity contribution < 1.29 is 36.8 Å². The van der Waals surface area contributed by atoms with Crippen LogP contribution in [-0.4, -0.2) is 60.4 Å². The highest BCUT2D eigenvalue weighted by Crippen LogP contribution is 2.70. The largest absolute Gasteiger partial charge is 0.390 e. The van der Waals surface area contributed by atoms with Gasteiger partial charge in [0.2, 0.25) is 0 Å². The number of aliphatic hydroxyl groups is 2. The molecule has 0 unspecified atom stereocenters. The number of halogens is 1. The maximum absolute atomic E-state index is 17.0. The van der Waals surface area contributed by atoms with Crippen molar-refractivity contribution in [3.05, 3.63) is 11.6 Å². The standard InChI is InChI=1S/C22H31FO7S/c1-19-8-6-14(24)10-13(19)4-5-16-15-7-9-21(27,18(26)12-30-31(3,28)29)20(15,2)11-17(25)22(16,19)23/h10,15-17,25,27H,4-9,11-12H2,1-3H3/t15-,16-,17+,19-,20+,21+,22+/m1/s1. The van der Waals surface area contributed by atoms with E-state index in [0.717, 1.165) is 11.8 Å². The smallest absolute Gasteiger partial charge is 0.264 e. The van der Waals surface area contributed by atoms with Crippen LogP contribution in [0.5, 0.6) is 0 Å². The van der Waals surface area contributed by atoms with Crippen LogP contribution in [-0.2, 0) is 23.9 Å². The van der Waals surface area contributed by atoms with E-state index < -0.39 is 56.6 Å². The fraction of sp³-hybridized carbons (Fsp3) is 0.818. The highest BCUT2D eigenvalue weighted by molar-refractivity contribution is 7.86. The summed E-state index contributed by atoms with van der Waals surface area (Å²) in [4.78, 5) is 24.8. The van der Waals surface area contributed by atoms with Crippen LogP contribution in [0.4, 0.5) is 4.39 Å². The molecular formula is C22H31FO7S. The first kappa shape index (κ1) is 23.0. The van der Waals surface area contributed by atoms with Crippen LogP contribution in [0.2, 0.25) is 0 Å². The molecule has 3 saturated carbocycles. The van der Waals surface area contributed by atoms with Gasteiger partial charge in [-0.15, -0.1) is 0 Å². The molecule has 2 N–H and O–H groups in total. The Balaban J connectivity index is 1.70. The Morgan fingerprint density at radius 3 is 2.55 bits per heavy atom. The molecule has 0 aliphatic heterocycles. The lowest BCUT2D eigenvalue weighted by atomic mass is 9.44. The summed E-state index contributed by atoms with van der Waals surface area (Å²) in [5.41, 5.74) is -5.18. The van der Waals surface area contributed by atoms with Gasteiger partial charge in [0.25, 0.3) is 10.1 Å². The summed E-state index contributed by atoms with van der Waals surface area (Å²) in [7, 11) is -3.87. The van der Waals surface area contributed by atoms with Crippen molar-refractivity contribution in [3.63, 3.8) is 0 Å². The van der Waals surface area contributed by atoms with Crippen LogP contribution >= 0.6 is 0 Å². The zero-order valence-corrected chi connectivity index (χ0v) is 19.0. The number of hydrogen-bond acceptors (Lipinski definition) is 7. The molecule has 7 nitrogen and oxygen atoms in total. The van der Waals surface area contributed by atoms with Gasteiger partial charge in [-0.2, -0.15) is 8.42 Å². The van der Waals surface area contributed by atoms with Crippen molar-refractivity contribution in [1.82, 2.24) is 0 Å². The van der Waals surface area contributed by atoms with Gasteiger partial charge in [0.05, 0.1) is 12.4 Å². The molecule has 0 spiro atoms. The summed E-state index contributed by atoms with van der Waals surface area (Å²) in [6, 6.07) is 0. The van der Waals surface area contributed by atoms with E-state index in [-0.39, 0.29) is 31.0 Å². The van der Waals surface area contributed by atoms with Gasteiger partial charge in [0.1, 0.15) is 17.9 Å². The van der Waals surface area contributed by atoms with Gasteiger partial charge in [-0.3, -0.25) is 13.8 Å². The summed E-state index contributed by atoms with van der Waals surface area (Å²) in [6.07, 6.45) is 2.82. The van der Waals surface area contributed by atoms with Gasteiger partial charge < -0.3 is 10.2 Å². The quantitative estimate of drug-likeness (QED) is 0.618. The van der Waals surface area contributed by atoms with Crippen LogP contribution in [0, 0.1) is 22.7 Å². The monoisotopic (exact) mass is 458 g/mol. The molecule has 31 heavy (non-hydrogen) atoms. The highest BCUT2D eigenvalue weighted by atomic mass is 32.2. The maximum Gasteiger partial charge on any atom is 0.264 e. The lowest BCUT2D eigenvalue weighted by molar-refractivity contribution is -0.226. The molecule has 4 aliphatic rings. The SMILES string of the molecule is C[C@]12C[C@H](O)[C@@]3(F)[C@H](CCC4=CC(=O)CC[C@]43C)[C@H]1CC[C@]2(O)C(=O)COS(C)(=O)=O. The minimum Gasteiger partial charge on any atom is -0.390 e. The summed E-state index contributed by atoms with van der Waals surface area (Å²) in [6.45, 7) is 2.70. The number of ketones is 2. The van der Waals surface area contributed by atoms with Gasteiger partial charge in [0.15, 0.2) is 11.6 Å². The maximum atomic E-state index is 17.0. The minimum absolute atomic E-state index is 0.0172. The second-order valence-corrected chi connectivity index (χ2v) is 12.1. The summed E-state index contributed by atoms with van der Waals surface area (Å²) >= 11 is 0. The zero-order chi connectivity index (χ0) is 23.0. The molecule has 0 aromatic heterocycles. The Hall–Kier alpha value is -1.16. The average Bonchev–Trinajstić information content (AvgIpc) is 2.93. The van der Waals surface area contributed by atoms with E-state index in [9.17, 15) is 28.2 Å². The van der Waals surface area contributed by atoms with Gasteiger partial charge in [0, 0.05) is 23.2 Å². The Morgan fingerprint density at radius 2 is 1.90 bits per heavy atom. The molecule has 4 aliphatic carbocycles. The van der Waals surface area contributed by atoms with E-state index >= 15 is 4.39 Å². The van der Waals surface area contributed by atoms with E-state index in [4.69, 9.17) is 0 Å². The van der Waals surface area contributed by atoms with Crippen LogP contribution in [0.15, 0.2) is 11.6 Å². The fourth-order valence-corrected chi connectivity index (χ4v) is 7.63. The Kier molecular flexibility index (Phi) is 5.14. The molecule has 4 rings (SSSR count). The van der Waals surface area contributed by atoms with Gasteiger partial charge in [-0.05, 0) is 50.5 Å². The molecule has 0 amide bonds. The number of alkyl halides is 1. The van der Waals surface area contributed by atoms with Crippen LogP contribution in [0.1, 0.15) is 58.8 Å². The molecule has 0 heterocycles. The number of hydrogen-bond donors (Lipinski definition) is 2. The summed E-state index contributed by atoms with van der Waals surface area (Å²) in [5, 5.41) is 22.6. The fourth-order valence-electron chi connectivity index (χ4n) is 7.31. The van der Waals surface area contributed by atoms with Crippen LogP contribution in [0.25, 0.3) is 0 Å².